The maximum absolute atomic E-state index is 10.9. The number of carbonyl (C=O) groups is 1. The summed E-state index contributed by atoms with van der Waals surface area (Å²) in [6, 6.07) is 7.32. The van der Waals surface area contributed by atoms with Gasteiger partial charge < -0.3 is 4.74 Å². The summed E-state index contributed by atoms with van der Waals surface area (Å²) in [7, 11) is 0. The average molecular weight is 233 g/mol. The molecule has 0 atom stereocenters. The predicted molar refractivity (Wildman–Crippen MR) is 63.0 cm³/mol. The molecular weight excluding hydrogens is 218 g/mol. The standard InChI is InChI=1S/C12H15N3O2/c1-9-4-5-10(8-13)7-11(9)17-6-2-3-12(16)15-14/h4-5,7H,2-3,6,14H2,1H3,(H,15,16). The van der Waals surface area contributed by atoms with Gasteiger partial charge in [-0.1, -0.05) is 6.07 Å². The molecule has 5 heteroatoms. The molecule has 0 aromatic heterocycles. The van der Waals surface area contributed by atoms with E-state index in [4.69, 9.17) is 15.8 Å². The van der Waals surface area contributed by atoms with Gasteiger partial charge in [0.15, 0.2) is 0 Å². The van der Waals surface area contributed by atoms with Gasteiger partial charge in [0.2, 0.25) is 5.91 Å². The Hall–Kier alpha value is -2.06. The molecule has 0 fully saturated rings. The number of nitrogens with two attached hydrogens (primary N) is 1. The highest BCUT2D eigenvalue weighted by Crippen LogP contribution is 2.19. The predicted octanol–water partition coefficient (Wildman–Crippen LogP) is 1.02. The van der Waals surface area contributed by atoms with Gasteiger partial charge in [-0.05, 0) is 31.0 Å². The number of rotatable bonds is 5. The second-order valence-corrected chi connectivity index (χ2v) is 3.61. The number of nitriles is 1. The lowest BCUT2D eigenvalue weighted by Gasteiger charge is -2.08. The van der Waals surface area contributed by atoms with Gasteiger partial charge in [-0.15, -0.1) is 0 Å². The van der Waals surface area contributed by atoms with Crippen LogP contribution in [0.4, 0.5) is 0 Å². The lowest BCUT2D eigenvalue weighted by Crippen LogP contribution is -2.29. The molecule has 0 heterocycles. The highest BCUT2D eigenvalue weighted by atomic mass is 16.5. The largest absolute Gasteiger partial charge is 0.493 e. The fourth-order valence-corrected chi connectivity index (χ4v) is 1.31. The van der Waals surface area contributed by atoms with Crippen molar-refractivity contribution in [3.8, 4) is 11.8 Å². The molecule has 17 heavy (non-hydrogen) atoms. The Kier molecular flexibility index (Phi) is 4.98. The molecule has 0 unspecified atom stereocenters. The van der Waals surface area contributed by atoms with Crippen LogP contribution >= 0.6 is 0 Å². The molecule has 1 aromatic rings. The van der Waals surface area contributed by atoms with E-state index < -0.39 is 0 Å². The van der Waals surface area contributed by atoms with E-state index in [1.807, 2.05) is 13.0 Å². The lowest BCUT2D eigenvalue weighted by molar-refractivity contribution is -0.121. The lowest BCUT2D eigenvalue weighted by atomic mass is 10.1. The third-order valence-electron chi connectivity index (χ3n) is 2.28. The molecule has 0 aliphatic rings. The molecule has 1 rings (SSSR count). The molecule has 0 aliphatic heterocycles. The van der Waals surface area contributed by atoms with Gasteiger partial charge in [0.25, 0.3) is 0 Å². The molecule has 1 aromatic carbocycles. The zero-order valence-electron chi connectivity index (χ0n) is 9.69. The van der Waals surface area contributed by atoms with Crippen molar-refractivity contribution in [1.29, 1.82) is 5.26 Å². The monoisotopic (exact) mass is 233 g/mol. The molecule has 0 saturated carbocycles. The number of nitrogens with one attached hydrogen (secondary N) is 1. The topological polar surface area (TPSA) is 88.1 Å². The van der Waals surface area contributed by atoms with Crippen LogP contribution < -0.4 is 16.0 Å². The van der Waals surface area contributed by atoms with Crippen molar-refractivity contribution in [3.05, 3.63) is 29.3 Å². The number of hydrazine groups is 1. The molecule has 0 radical (unpaired) electrons. The number of hydrogen-bond donors (Lipinski definition) is 2. The number of aryl methyl sites for hydroxylation is 1. The number of nitrogens with zero attached hydrogens (tertiary/aromatic N) is 1. The summed E-state index contributed by atoms with van der Waals surface area (Å²) in [5.74, 6) is 5.42. The zero-order valence-corrected chi connectivity index (χ0v) is 9.69. The quantitative estimate of drug-likeness (QED) is 0.344. The van der Waals surface area contributed by atoms with Crippen molar-refractivity contribution in [2.45, 2.75) is 19.8 Å². The first-order valence-electron chi connectivity index (χ1n) is 5.30. The second-order valence-electron chi connectivity index (χ2n) is 3.61. The van der Waals surface area contributed by atoms with E-state index in [9.17, 15) is 4.79 Å². The van der Waals surface area contributed by atoms with Crippen LogP contribution in [0.2, 0.25) is 0 Å². The second kappa shape index (κ2) is 6.51. The van der Waals surface area contributed by atoms with E-state index in [2.05, 4.69) is 11.5 Å². The Labute approximate surface area is 100 Å². The summed E-state index contributed by atoms with van der Waals surface area (Å²) in [6.45, 7) is 2.33. The summed E-state index contributed by atoms with van der Waals surface area (Å²) >= 11 is 0. The number of amides is 1. The van der Waals surface area contributed by atoms with E-state index in [0.717, 1.165) is 5.56 Å². The molecular formula is C12H15N3O2. The normalized spacial score (nSPS) is 9.47. The summed E-state index contributed by atoms with van der Waals surface area (Å²) in [5.41, 5.74) is 3.58. The first kappa shape index (κ1) is 13.0. The van der Waals surface area contributed by atoms with E-state index in [0.29, 0.717) is 30.8 Å². The van der Waals surface area contributed by atoms with Gasteiger partial charge >= 0.3 is 0 Å². The smallest absolute Gasteiger partial charge is 0.234 e. The summed E-state index contributed by atoms with van der Waals surface area (Å²) < 4.78 is 5.50. The maximum atomic E-state index is 10.9. The van der Waals surface area contributed by atoms with Crippen LogP contribution in [-0.4, -0.2) is 12.5 Å². The minimum absolute atomic E-state index is 0.212. The minimum atomic E-state index is -0.212. The molecule has 0 bridgehead atoms. The molecule has 3 N–H and O–H groups in total. The van der Waals surface area contributed by atoms with Crippen LogP contribution in [0.15, 0.2) is 18.2 Å². The molecule has 1 amide bonds. The molecule has 5 nitrogen and oxygen atoms in total. The molecule has 90 valence electrons. The van der Waals surface area contributed by atoms with Crippen LogP contribution in [0.5, 0.6) is 5.75 Å². The highest BCUT2D eigenvalue weighted by Gasteiger charge is 2.02. The number of ether oxygens (including phenoxy) is 1. The van der Waals surface area contributed by atoms with Gasteiger partial charge in [0.05, 0.1) is 18.2 Å². The number of carbonyl (C=O) groups excluding carboxylic acids is 1. The van der Waals surface area contributed by atoms with Crippen LogP contribution in [0.3, 0.4) is 0 Å². The van der Waals surface area contributed by atoms with Crippen LogP contribution in [0.1, 0.15) is 24.0 Å². The van der Waals surface area contributed by atoms with E-state index >= 15 is 0 Å². The molecule has 0 aliphatic carbocycles. The Bertz CT molecular complexity index is 438. The first-order chi connectivity index (χ1) is 8.17. The van der Waals surface area contributed by atoms with E-state index in [1.165, 1.54) is 0 Å². The number of hydrogen-bond acceptors (Lipinski definition) is 4. The maximum Gasteiger partial charge on any atom is 0.234 e. The van der Waals surface area contributed by atoms with Crippen molar-refractivity contribution >= 4 is 5.91 Å². The van der Waals surface area contributed by atoms with Crippen LogP contribution in [0.25, 0.3) is 0 Å². The molecule has 0 saturated heterocycles. The van der Waals surface area contributed by atoms with Crippen molar-refractivity contribution in [2.75, 3.05) is 6.61 Å². The minimum Gasteiger partial charge on any atom is -0.493 e. The molecule has 0 spiro atoms. The van der Waals surface area contributed by atoms with Gasteiger partial charge in [0, 0.05) is 6.42 Å². The third kappa shape index (κ3) is 4.13. The fraction of sp³-hybridized carbons (Fsp3) is 0.333. The zero-order chi connectivity index (χ0) is 12.7. The van der Waals surface area contributed by atoms with E-state index in [1.54, 1.807) is 12.1 Å². The van der Waals surface area contributed by atoms with Crippen molar-refractivity contribution in [3.63, 3.8) is 0 Å². The van der Waals surface area contributed by atoms with Gasteiger partial charge in [-0.2, -0.15) is 5.26 Å². The van der Waals surface area contributed by atoms with Gasteiger partial charge in [-0.25, -0.2) is 5.84 Å². The van der Waals surface area contributed by atoms with Crippen molar-refractivity contribution in [2.24, 2.45) is 5.84 Å². The highest BCUT2D eigenvalue weighted by molar-refractivity contribution is 5.75. The van der Waals surface area contributed by atoms with Crippen LogP contribution in [-0.2, 0) is 4.79 Å². The van der Waals surface area contributed by atoms with Gasteiger partial charge in [0.1, 0.15) is 5.75 Å². The van der Waals surface area contributed by atoms with Crippen LogP contribution in [0, 0.1) is 18.3 Å². The average Bonchev–Trinajstić information content (AvgIpc) is 2.36. The Morgan fingerprint density at radius 3 is 3.00 bits per heavy atom. The third-order valence-corrected chi connectivity index (χ3v) is 2.28. The summed E-state index contributed by atoms with van der Waals surface area (Å²) in [4.78, 5) is 10.9. The van der Waals surface area contributed by atoms with Crippen molar-refractivity contribution in [1.82, 2.24) is 5.43 Å². The Balaban J connectivity index is 2.46. The summed E-state index contributed by atoms with van der Waals surface area (Å²) in [5, 5.41) is 8.76. The van der Waals surface area contributed by atoms with E-state index in [-0.39, 0.29) is 5.91 Å². The van der Waals surface area contributed by atoms with Gasteiger partial charge in [-0.3, -0.25) is 10.2 Å². The fourth-order valence-electron chi connectivity index (χ4n) is 1.31. The SMILES string of the molecule is Cc1ccc(C#N)cc1OCCCC(=O)NN. The summed E-state index contributed by atoms with van der Waals surface area (Å²) in [6.07, 6.45) is 0.909. The first-order valence-corrected chi connectivity index (χ1v) is 5.30. The Morgan fingerprint density at radius 1 is 1.59 bits per heavy atom. The number of benzene rings is 1. The van der Waals surface area contributed by atoms with Crippen molar-refractivity contribution < 1.29 is 9.53 Å². The Morgan fingerprint density at radius 2 is 2.35 bits per heavy atom.